The first kappa shape index (κ1) is 19.4. The van der Waals surface area contributed by atoms with Crippen molar-refractivity contribution in [1.82, 2.24) is 9.80 Å². The van der Waals surface area contributed by atoms with Crippen molar-refractivity contribution in [2.24, 2.45) is 5.73 Å². The highest BCUT2D eigenvalue weighted by molar-refractivity contribution is 5.94. The van der Waals surface area contributed by atoms with Crippen LogP contribution in [0.4, 0.5) is 4.39 Å². The van der Waals surface area contributed by atoms with E-state index in [1.807, 2.05) is 4.90 Å². The van der Waals surface area contributed by atoms with Gasteiger partial charge in [-0.05, 0) is 50.1 Å². The molecule has 2 rings (SSSR count). The Morgan fingerprint density at radius 2 is 1.56 bits per heavy atom. The standard InChI is InChI=1S/C19H28FN3O2/c20-17-9-7-16(8-10-17)19(25)23-13-5-12-22(14-15-23)18(24)6-3-1-2-4-11-21/h7-10H,1-6,11-15,21H2. The van der Waals surface area contributed by atoms with Gasteiger partial charge >= 0.3 is 0 Å². The summed E-state index contributed by atoms with van der Waals surface area (Å²) < 4.78 is 13.0. The van der Waals surface area contributed by atoms with Crippen molar-refractivity contribution < 1.29 is 14.0 Å². The molecule has 2 N–H and O–H groups in total. The lowest BCUT2D eigenvalue weighted by Gasteiger charge is -2.22. The summed E-state index contributed by atoms with van der Waals surface area (Å²) in [6.45, 7) is 3.10. The molecular formula is C19H28FN3O2. The minimum absolute atomic E-state index is 0.101. The third-order valence-electron chi connectivity index (χ3n) is 4.57. The molecule has 1 heterocycles. The van der Waals surface area contributed by atoms with Gasteiger partial charge in [0, 0.05) is 38.2 Å². The minimum atomic E-state index is -0.351. The number of hydrogen-bond donors (Lipinski definition) is 1. The first-order chi connectivity index (χ1) is 12.1. The number of hydrogen-bond acceptors (Lipinski definition) is 3. The lowest BCUT2D eigenvalue weighted by Crippen LogP contribution is -2.37. The lowest BCUT2D eigenvalue weighted by molar-refractivity contribution is -0.131. The summed E-state index contributed by atoms with van der Waals surface area (Å²) in [5, 5.41) is 0. The van der Waals surface area contributed by atoms with E-state index >= 15 is 0 Å². The monoisotopic (exact) mass is 349 g/mol. The van der Waals surface area contributed by atoms with E-state index in [1.165, 1.54) is 24.3 Å². The average molecular weight is 349 g/mol. The van der Waals surface area contributed by atoms with Gasteiger partial charge in [-0.3, -0.25) is 9.59 Å². The number of nitrogens with zero attached hydrogens (tertiary/aromatic N) is 2. The molecule has 2 amide bonds. The maximum atomic E-state index is 13.0. The normalized spacial score (nSPS) is 15.1. The molecule has 6 heteroatoms. The van der Waals surface area contributed by atoms with Gasteiger partial charge in [-0.1, -0.05) is 12.8 Å². The molecule has 0 bridgehead atoms. The third-order valence-corrected chi connectivity index (χ3v) is 4.57. The molecule has 1 aromatic rings. The zero-order valence-electron chi connectivity index (χ0n) is 14.8. The summed E-state index contributed by atoms with van der Waals surface area (Å²) in [5.41, 5.74) is 5.95. The van der Waals surface area contributed by atoms with Crippen molar-refractivity contribution in [2.45, 2.75) is 38.5 Å². The summed E-state index contributed by atoms with van der Waals surface area (Å²) >= 11 is 0. The van der Waals surface area contributed by atoms with Crippen LogP contribution in [0.1, 0.15) is 48.9 Å². The predicted molar refractivity (Wildman–Crippen MR) is 95.6 cm³/mol. The highest BCUT2D eigenvalue weighted by Gasteiger charge is 2.22. The maximum absolute atomic E-state index is 13.0. The average Bonchev–Trinajstić information content (AvgIpc) is 2.87. The van der Waals surface area contributed by atoms with Gasteiger partial charge in [0.25, 0.3) is 5.91 Å². The number of carbonyl (C=O) groups is 2. The number of nitrogens with two attached hydrogens (primary N) is 1. The molecule has 0 atom stereocenters. The molecule has 0 saturated carbocycles. The van der Waals surface area contributed by atoms with Crippen molar-refractivity contribution in [3.05, 3.63) is 35.6 Å². The molecule has 1 aromatic carbocycles. The Balaban J connectivity index is 1.80. The molecule has 0 radical (unpaired) electrons. The molecule has 1 fully saturated rings. The van der Waals surface area contributed by atoms with Crippen LogP contribution in [0, 0.1) is 5.82 Å². The Labute approximate surface area is 149 Å². The van der Waals surface area contributed by atoms with Crippen LogP contribution in [0.5, 0.6) is 0 Å². The van der Waals surface area contributed by atoms with Crippen LogP contribution in [0.3, 0.4) is 0 Å². The molecule has 1 saturated heterocycles. The first-order valence-electron chi connectivity index (χ1n) is 9.14. The van der Waals surface area contributed by atoms with Crippen LogP contribution < -0.4 is 5.73 Å². The Hall–Kier alpha value is -1.95. The van der Waals surface area contributed by atoms with Crippen LogP contribution in [0.2, 0.25) is 0 Å². The van der Waals surface area contributed by atoms with Gasteiger partial charge in [0.15, 0.2) is 0 Å². The molecular weight excluding hydrogens is 321 g/mol. The second-order valence-electron chi connectivity index (χ2n) is 6.49. The van der Waals surface area contributed by atoms with E-state index in [9.17, 15) is 14.0 Å². The van der Waals surface area contributed by atoms with Crippen molar-refractivity contribution in [3.8, 4) is 0 Å². The Morgan fingerprint density at radius 3 is 2.28 bits per heavy atom. The molecule has 0 aromatic heterocycles. The molecule has 1 aliphatic rings. The fraction of sp³-hybridized carbons (Fsp3) is 0.579. The first-order valence-corrected chi connectivity index (χ1v) is 9.14. The van der Waals surface area contributed by atoms with Crippen LogP contribution >= 0.6 is 0 Å². The Kier molecular flexibility index (Phi) is 7.85. The minimum Gasteiger partial charge on any atom is -0.341 e. The van der Waals surface area contributed by atoms with E-state index < -0.39 is 0 Å². The van der Waals surface area contributed by atoms with Gasteiger partial charge in [0.05, 0.1) is 0 Å². The van der Waals surface area contributed by atoms with Crippen molar-refractivity contribution in [1.29, 1.82) is 0 Å². The number of benzene rings is 1. The molecule has 0 spiro atoms. The lowest BCUT2D eigenvalue weighted by atomic mass is 10.1. The highest BCUT2D eigenvalue weighted by Crippen LogP contribution is 2.12. The van der Waals surface area contributed by atoms with Crippen molar-refractivity contribution >= 4 is 11.8 Å². The van der Waals surface area contributed by atoms with Gasteiger partial charge in [-0.25, -0.2) is 4.39 Å². The predicted octanol–water partition coefficient (Wildman–Crippen LogP) is 2.41. The van der Waals surface area contributed by atoms with Crippen molar-refractivity contribution in [3.63, 3.8) is 0 Å². The van der Waals surface area contributed by atoms with E-state index in [1.54, 1.807) is 4.90 Å². The SMILES string of the molecule is NCCCCCCC(=O)N1CCCN(C(=O)c2ccc(F)cc2)CC1. The summed E-state index contributed by atoms with van der Waals surface area (Å²) in [6.07, 6.45) is 5.35. The van der Waals surface area contributed by atoms with Crippen molar-refractivity contribution in [2.75, 3.05) is 32.7 Å². The van der Waals surface area contributed by atoms with E-state index in [-0.39, 0.29) is 17.6 Å². The number of halogens is 1. The molecule has 1 aliphatic heterocycles. The van der Waals surface area contributed by atoms with Crippen LogP contribution in [0.15, 0.2) is 24.3 Å². The van der Waals surface area contributed by atoms with Gasteiger partial charge in [0.2, 0.25) is 5.91 Å². The zero-order chi connectivity index (χ0) is 18.1. The maximum Gasteiger partial charge on any atom is 0.253 e. The van der Waals surface area contributed by atoms with E-state index in [4.69, 9.17) is 5.73 Å². The van der Waals surface area contributed by atoms with Gasteiger partial charge in [-0.15, -0.1) is 0 Å². The van der Waals surface area contributed by atoms with Crippen LogP contribution in [-0.2, 0) is 4.79 Å². The number of rotatable bonds is 7. The largest absolute Gasteiger partial charge is 0.341 e. The molecule has 138 valence electrons. The summed E-state index contributed by atoms with van der Waals surface area (Å²) in [7, 11) is 0. The Morgan fingerprint density at radius 1 is 0.920 bits per heavy atom. The van der Waals surface area contributed by atoms with E-state index in [0.29, 0.717) is 44.7 Å². The summed E-state index contributed by atoms with van der Waals surface area (Å²) in [4.78, 5) is 28.4. The van der Waals surface area contributed by atoms with E-state index in [2.05, 4.69) is 0 Å². The van der Waals surface area contributed by atoms with Gasteiger partial charge < -0.3 is 15.5 Å². The number of amides is 2. The fourth-order valence-electron chi connectivity index (χ4n) is 3.08. The smallest absolute Gasteiger partial charge is 0.253 e. The molecule has 25 heavy (non-hydrogen) atoms. The number of unbranched alkanes of at least 4 members (excludes halogenated alkanes) is 3. The Bertz CT molecular complexity index is 562. The molecule has 0 aliphatic carbocycles. The third kappa shape index (κ3) is 6.12. The topological polar surface area (TPSA) is 66.6 Å². The summed E-state index contributed by atoms with van der Waals surface area (Å²) in [5.74, 6) is -0.282. The van der Waals surface area contributed by atoms with Gasteiger partial charge in [-0.2, -0.15) is 0 Å². The molecule has 5 nitrogen and oxygen atoms in total. The highest BCUT2D eigenvalue weighted by atomic mass is 19.1. The van der Waals surface area contributed by atoms with Gasteiger partial charge in [0.1, 0.15) is 5.82 Å². The zero-order valence-corrected chi connectivity index (χ0v) is 14.8. The van der Waals surface area contributed by atoms with Crippen LogP contribution in [-0.4, -0.2) is 54.3 Å². The van der Waals surface area contributed by atoms with Crippen LogP contribution in [0.25, 0.3) is 0 Å². The molecule has 0 unspecified atom stereocenters. The number of carbonyl (C=O) groups excluding carboxylic acids is 2. The fourth-order valence-corrected chi connectivity index (χ4v) is 3.08. The second-order valence-corrected chi connectivity index (χ2v) is 6.49. The second kappa shape index (κ2) is 10.1. The summed E-state index contributed by atoms with van der Waals surface area (Å²) in [6, 6.07) is 5.61. The van der Waals surface area contributed by atoms with E-state index in [0.717, 1.165) is 32.1 Å². The quantitative estimate of drug-likeness (QED) is 0.769.